The van der Waals surface area contributed by atoms with Crippen LogP contribution in [0.1, 0.15) is 45.7 Å². The molecule has 4 N–H and O–H groups in total. The van der Waals surface area contributed by atoms with Gasteiger partial charge in [0.1, 0.15) is 12.2 Å². The summed E-state index contributed by atoms with van der Waals surface area (Å²) in [5.41, 5.74) is 10.9. The number of anilines is 3. The number of nitrogens with one attached hydrogen (secondary N) is 2. The molecule has 0 bridgehead atoms. The molecule has 3 aromatic rings. The molecule has 0 saturated carbocycles. The Balaban J connectivity index is 0.000000631. The number of amides is 1. The molecule has 1 aliphatic heterocycles. The van der Waals surface area contributed by atoms with Crippen molar-refractivity contribution in [1.29, 1.82) is 0 Å². The normalized spacial score (nSPS) is 11.4. The lowest BCUT2D eigenvalue weighted by Gasteiger charge is -2.27. The minimum Gasteiger partial charge on any atom is -0.388 e. The number of nitrogens with two attached hydrogens (primary N) is 1. The molecule has 10 heteroatoms. The largest absolute Gasteiger partial charge is 0.388 e. The molecule has 3 aromatic carbocycles. The molecule has 1 aliphatic rings. The molecule has 4 rings (SSSR count). The molecule has 1 saturated heterocycles. The van der Waals surface area contributed by atoms with Crippen LogP contribution in [0.3, 0.4) is 0 Å². The fourth-order valence-corrected chi connectivity index (χ4v) is 4.00. The molecule has 0 aromatic heterocycles. The Hall–Kier alpha value is -3.08. The van der Waals surface area contributed by atoms with Gasteiger partial charge in [0.05, 0.1) is 13.2 Å². The summed E-state index contributed by atoms with van der Waals surface area (Å²) >= 11 is 6.66. The van der Waals surface area contributed by atoms with Crippen molar-refractivity contribution in [3.63, 3.8) is 0 Å². The Labute approximate surface area is 261 Å². The van der Waals surface area contributed by atoms with Gasteiger partial charge >= 0.3 is 0 Å². The maximum absolute atomic E-state index is 12.0. The highest BCUT2D eigenvalue weighted by molar-refractivity contribution is 8.00. The van der Waals surface area contributed by atoms with Crippen molar-refractivity contribution in [1.82, 2.24) is 0 Å². The van der Waals surface area contributed by atoms with Gasteiger partial charge in [0.2, 0.25) is 0 Å². The first-order valence-electron chi connectivity index (χ1n) is 13.7. The second-order valence-electron chi connectivity index (χ2n) is 8.36. The number of benzene rings is 3. The third kappa shape index (κ3) is 15.2. The molecule has 0 atom stereocenters. The van der Waals surface area contributed by atoms with Gasteiger partial charge in [0.15, 0.2) is 0 Å². The van der Waals surface area contributed by atoms with Gasteiger partial charge in [0.25, 0.3) is 5.91 Å². The van der Waals surface area contributed by atoms with Crippen LogP contribution >= 0.6 is 23.5 Å². The predicted octanol–water partition coefficient (Wildman–Crippen LogP) is 7.01. The molecule has 1 fully saturated rings. The van der Waals surface area contributed by atoms with Crippen molar-refractivity contribution < 1.29 is 19.1 Å². The van der Waals surface area contributed by atoms with Gasteiger partial charge in [0, 0.05) is 54.8 Å². The Morgan fingerprint density at radius 2 is 1.71 bits per heavy atom. The van der Waals surface area contributed by atoms with Gasteiger partial charge in [-0.1, -0.05) is 31.2 Å². The summed E-state index contributed by atoms with van der Waals surface area (Å²) in [5, 5.41) is 5.98. The van der Waals surface area contributed by atoms with Crippen molar-refractivity contribution in [2.75, 3.05) is 67.7 Å². The molecule has 0 unspecified atom stereocenters. The van der Waals surface area contributed by atoms with E-state index >= 15 is 0 Å². The number of hydrogen-bond donors (Lipinski definition) is 3. The first-order chi connectivity index (χ1) is 20.3. The summed E-state index contributed by atoms with van der Waals surface area (Å²) in [5.74, 6) is 1.33. The number of ether oxygens (including phenoxy) is 2. The van der Waals surface area contributed by atoms with Crippen LogP contribution in [-0.4, -0.2) is 65.0 Å². The molecule has 42 heavy (non-hydrogen) atoms. The monoisotopic (exact) mass is 618 g/mol. The van der Waals surface area contributed by atoms with Crippen LogP contribution in [0.4, 0.5) is 17.1 Å². The molecule has 0 radical (unpaired) electrons. The van der Waals surface area contributed by atoms with Crippen molar-refractivity contribution >= 4 is 52.8 Å². The smallest absolute Gasteiger partial charge is 0.255 e. The zero-order valence-corrected chi connectivity index (χ0v) is 27.5. The van der Waals surface area contributed by atoms with E-state index in [0.29, 0.717) is 11.5 Å². The maximum Gasteiger partial charge on any atom is 0.255 e. The Morgan fingerprint density at radius 3 is 2.21 bits per heavy atom. The Bertz CT molecular complexity index is 1140. The van der Waals surface area contributed by atoms with E-state index in [-0.39, 0.29) is 5.91 Å². The number of nitrogens with zero attached hydrogens (tertiary/aromatic N) is 1. The molecular weight excluding hydrogens is 572 g/mol. The van der Waals surface area contributed by atoms with Gasteiger partial charge < -0.3 is 30.1 Å². The highest BCUT2D eigenvalue weighted by Gasteiger charge is 2.12. The fraction of sp³-hybridized carbons (Fsp3) is 0.375. The van der Waals surface area contributed by atoms with E-state index < -0.39 is 0 Å². The van der Waals surface area contributed by atoms with Crippen molar-refractivity contribution in [3.05, 3.63) is 89.0 Å². The summed E-state index contributed by atoms with van der Waals surface area (Å²) in [6, 6.07) is 21.0. The second kappa shape index (κ2) is 24.5. The van der Waals surface area contributed by atoms with Gasteiger partial charge in [-0.25, -0.2) is 0 Å². The first kappa shape index (κ1) is 38.9. The van der Waals surface area contributed by atoms with Crippen LogP contribution in [0.2, 0.25) is 0 Å². The zero-order chi connectivity index (χ0) is 31.8. The first-order valence-corrected chi connectivity index (χ1v) is 15.1. The van der Waals surface area contributed by atoms with Crippen LogP contribution in [-0.2, 0) is 9.47 Å². The van der Waals surface area contributed by atoms with E-state index in [1.54, 1.807) is 31.2 Å². The summed E-state index contributed by atoms with van der Waals surface area (Å²) in [6.45, 7) is 10.3. The maximum atomic E-state index is 12.0. The fourth-order valence-electron chi connectivity index (χ4n) is 3.22. The van der Waals surface area contributed by atoms with E-state index in [9.17, 15) is 9.59 Å². The van der Waals surface area contributed by atoms with Crippen molar-refractivity contribution in [2.24, 2.45) is 5.73 Å². The van der Waals surface area contributed by atoms with E-state index in [2.05, 4.69) is 25.4 Å². The molecule has 0 spiro atoms. The second-order valence-corrected chi connectivity index (χ2v) is 9.83. The van der Waals surface area contributed by atoms with Gasteiger partial charge in [-0.05, 0) is 93.4 Å². The standard InChI is InChI=1S/C15H16N2O.C11H13NO2S.C3H8O.C2H5Cl.CH5N/c1-11-8-9-13(16-2)10-14(11)17-15(18)12-6-4-3-5-7-12;1-9-6-11(3-2-10(9)7-13)12-4-5-14-8-15-12;1-3-4-2;1-2-3;1-2/h3-10,16H,1-2H3,(H,17,18);2-3,6-7H,4-5,8H2,1H3;3H2,1-2H3;2H2,1H3;2H2,1H3. The number of rotatable bonds is 6. The third-order valence-electron chi connectivity index (χ3n) is 5.50. The lowest BCUT2D eigenvalue weighted by molar-refractivity contribution is 0.102. The quantitative estimate of drug-likeness (QED) is 0.154. The third-order valence-corrected chi connectivity index (χ3v) is 6.48. The number of alkyl halides is 1. The number of methoxy groups -OCH3 is 1. The number of halogens is 1. The number of carbonyl (C=O) groups is 2. The molecule has 1 amide bonds. The number of aldehydes is 1. The SMILES string of the molecule is CCCl.CCOC.CN.CNc1ccc(C)c(NC(=O)c2ccccc2)c1.Cc1cc(N2CCOCS2)ccc1C=O. The van der Waals surface area contributed by atoms with Crippen LogP contribution in [0, 0.1) is 13.8 Å². The van der Waals surface area contributed by atoms with E-state index in [4.69, 9.17) is 16.3 Å². The molecule has 8 nitrogen and oxygen atoms in total. The zero-order valence-electron chi connectivity index (χ0n) is 25.9. The topological polar surface area (TPSA) is 106 Å². The summed E-state index contributed by atoms with van der Waals surface area (Å²) in [6.07, 6.45) is 0.894. The summed E-state index contributed by atoms with van der Waals surface area (Å²) in [4.78, 5) is 22.7. The number of aryl methyl sites for hydroxylation is 2. The van der Waals surface area contributed by atoms with Crippen LogP contribution in [0.25, 0.3) is 0 Å². The van der Waals surface area contributed by atoms with E-state index in [1.807, 2.05) is 89.3 Å². The van der Waals surface area contributed by atoms with E-state index in [0.717, 1.165) is 65.7 Å². The minimum absolute atomic E-state index is 0.0908. The van der Waals surface area contributed by atoms with Gasteiger partial charge in [-0.15, -0.1) is 11.6 Å². The summed E-state index contributed by atoms with van der Waals surface area (Å²) < 4.78 is 12.0. The van der Waals surface area contributed by atoms with Gasteiger partial charge in [-0.3, -0.25) is 9.59 Å². The van der Waals surface area contributed by atoms with Crippen LogP contribution in [0.15, 0.2) is 66.7 Å². The average Bonchev–Trinajstić information content (AvgIpc) is 3.04. The van der Waals surface area contributed by atoms with Crippen molar-refractivity contribution in [3.8, 4) is 0 Å². The lowest BCUT2D eigenvalue weighted by Crippen LogP contribution is -2.26. The van der Waals surface area contributed by atoms with E-state index in [1.165, 1.54) is 7.05 Å². The highest BCUT2D eigenvalue weighted by atomic mass is 35.5. The Kier molecular flexibility index (Phi) is 22.7. The average molecular weight is 619 g/mol. The summed E-state index contributed by atoms with van der Waals surface area (Å²) in [7, 11) is 5.04. The molecular formula is C32H47ClN4O4S. The highest BCUT2D eigenvalue weighted by Crippen LogP contribution is 2.26. The van der Waals surface area contributed by atoms with Crippen LogP contribution < -0.4 is 20.7 Å². The van der Waals surface area contributed by atoms with Crippen molar-refractivity contribution in [2.45, 2.75) is 27.7 Å². The van der Waals surface area contributed by atoms with Gasteiger partial charge in [-0.2, -0.15) is 0 Å². The molecule has 0 aliphatic carbocycles. The minimum atomic E-state index is -0.0908. The van der Waals surface area contributed by atoms with Crippen LogP contribution in [0.5, 0.6) is 0 Å². The predicted molar refractivity (Wildman–Crippen MR) is 181 cm³/mol. The number of hydrogen-bond acceptors (Lipinski definition) is 8. The lowest BCUT2D eigenvalue weighted by atomic mass is 10.1. The molecule has 232 valence electrons. The Morgan fingerprint density at radius 1 is 1.07 bits per heavy atom. The number of carbonyl (C=O) groups excluding carboxylic acids is 2. The molecule has 1 heterocycles.